The van der Waals surface area contributed by atoms with Crippen molar-refractivity contribution in [2.75, 3.05) is 31.9 Å². The summed E-state index contributed by atoms with van der Waals surface area (Å²) in [7, 11) is 1.77. The van der Waals surface area contributed by atoms with Gasteiger partial charge in [0.1, 0.15) is 0 Å². The molecule has 0 unspecified atom stereocenters. The fraction of sp³-hybridized carbons (Fsp3) is 0.500. The van der Waals surface area contributed by atoms with Crippen molar-refractivity contribution in [3.8, 4) is 0 Å². The second kappa shape index (κ2) is 7.76. The van der Waals surface area contributed by atoms with Crippen molar-refractivity contribution in [1.82, 2.24) is 30.0 Å². The molecule has 1 fully saturated rings. The first kappa shape index (κ1) is 16.9. The summed E-state index contributed by atoms with van der Waals surface area (Å²) in [5.41, 5.74) is 2.62. The van der Waals surface area contributed by atoms with Crippen LogP contribution in [-0.4, -0.2) is 67.8 Å². The average molecular weight is 346 g/mol. The van der Waals surface area contributed by atoms with Gasteiger partial charge in [0.15, 0.2) is 0 Å². The fourth-order valence-corrected chi connectivity index (χ4v) is 3.54. The number of carbonyl (C=O) groups is 1. The van der Waals surface area contributed by atoms with Crippen LogP contribution >= 0.6 is 11.8 Å². The molecule has 0 bridgehead atoms. The molecule has 0 aliphatic carbocycles. The summed E-state index contributed by atoms with van der Waals surface area (Å²) in [6.07, 6.45) is 0. The monoisotopic (exact) mass is 346 g/mol. The smallest absolute Gasteiger partial charge is 0.233 e. The van der Waals surface area contributed by atoms with Gasteiger partial charge in [-0.2, -0.15) is 0 Å². The Kier molecular flexibility index (Phi) is 5.47. The minimum atomic E-state index is 0.151. The van der Waals surface area contributed by atoms with E-state index in [9.17, 15) is 4.79 Å². The number of piperazine rings is 1. The molecule has 0 radical (unpaired) electrons. The summed E-state index contributed by atoms with van der Waals surface area (Å²) < 4.78 is 1.58. The van der Waals surface area contributed by atoms with Gasteiger partial charge in [0.25, 0.3) is 0 Å². The molecule has 24 heavy (non-hydrogen) atoms. The van der Waals surface area contributed by atoms with E-state index in [0.717, 1.165) is 32.7 Å². The Hall–Kier alpha value is -1.93. The Labute approximate surface area is 146 Å². The summed E-state index contributed by atoms with van der Waals surface area (Å²) in [5, 5.41) is 11.9. The molecular formula is C16H22N6OS. The van der Waals surface area contributed by atoms with Crippen LogP contribution in [-0.2, 0) is 18.4 Å². The SMILES string of the molecule is Cc1cccc(CN2CCN(C(=O)CSc3nnnn3C)CC2)c1. The number of aromatic nitrogens is 4. The molecule has 1 aliphatic heterocycles. The van der Waals surface area contributed by atoms with Gasteiger partial charge in [-0.1, -0.05) is 41.6 Å². The average Bonchev–Trinajstić information content (AvgIpc) is 2.98. The van der Waals surface area contributed by atoms with Gasteiger partial charge < -0.3 is 4.90 Å². The summed E-state index contributed by atoms with van der Waals surface area (Å²) in [5.74, 6) is 0.532. The largest absolute Gasteiger partial charge is 0.339 e. The zero-order chi connectivity index (χ0) is 16.9. The first-order chi connectivity index (χ1) is 11.6. The summed E-state index contributed by atoms with van der Waals surface area (Å²) >= 11 is 1.38. The lowest BCUT2D eigenvalue weighted by Gasteiger charge is -2.34. The fourth-order valence-electron chi connectivity index (χ4n) is 2.79. The van der Waals surface area contributed by atoms with Crippen molar-refractivity contribution in [2.45, 2.75) is 18.6 Å². The van der Waals surface area contributed by atoms with E-state index in [1.165, 1.54) is 22.9 Å². The molecule has 2 aromatic rings. The molecule has 1 aliphatic rings. The third-order valence-electron chi connectivity index (χ3n) is 4.12. The van der Waals surface area contributed by atoms with Crippen LogP contribution < -0.4 is 0 Å². The highest BCUT2D eigenvalue weighted by molar-refractivity contribution is 7.99. The Balaban J connectivity index is 1.44. The van der Waals surface area contributed by atoms with Crippen LogP contribution in [0.2, 0.25) is 0 Å². The number of aryl methyl sites for hydroxylation is 2. The van der Waals surface area contributed by atoms with E-state index in [0.29, 0.717) is 10.9 Å². The van der Waals surface area contributed by atoms with Crippen molar-refractivity contribution >= 4 is 17.7 Å². The predicted molar refractivity (Wildman–Crippen MR) is 92.6 cm³/mol. The number of benzene rings is 1. The predicted octanol–water partition coefficient (Wildman–Crippen LogP) is 0.955. The van der Waals surface area contributed by atoms with E-state index in [4.69, 9.17) is 0 Å². The number of hydrogen-bond donors (Lipinski definition) is 0. The normalized spacial score (nSPS) is 15.7. The number of amides is 1. The second-order valence-electron chi connectivity index (χ2n) is 6.02. The van der Waals surface area contributed by atoms with Gasteiger partial charge in [-0.05, 0) is 22.9 Å². The van der Waals surface area contributed by atoms with Gasteiger partial charge in [-0.3, -0.25) is 9.69 Å². The summed E-state index contributed by atoms with van der Waals surface area (Å²) in [6.45, 7) is 6.45. The van der Waals surface area contributed by atoms with Crippen LogP contribution in [0.15, 0.2) is 29.4 Å². The zero-order valence-electron chi connectivity index (χ0n) is 14.1. The molecule has 1 saturated heterocycles. The van der Waals surface area contributed by atoms with E-state index in [2.05, 4.69) is 51.6 Å². The minimum Gasteiger partial charge on any atom is -0.339 e. The molecule has 1 aromatic heterocycles. The Morgan fingerprint density at radius 3 is 2.71 bits per heavy atom. The molecule has 128 valence electrons. The van der Waals surface area contributed by atoms with Crippen LogP contribution in [0, 0.1) is 6.92 Å². The third kappa shape index (κ3) is 4.33. The number of tetrazole rings is 1. The van der Waals surface area contributed by atoms with Crippen LogP contribution in [0.5, 0.6) is 0 Å². The van der Waals surface area contributed by atoms with Gasteiger partial charge in [0.2, 0.25) is 11.1 Å². The lowest BCUT2D eigenvalue weighted by Crippen LogP contribution is -2.48. The van der Waals surface area contributed by atoms with E-state index in [-0.39, 0.29) is 5.91 Å². The highest BCUT2D eigenvalue weighted by atomic mass is 32.2. The van der Waals surface area contributed by atoms with Gasteiger partial charge in [-0.15, -0.1) is 5.10 Å². The Morgan fingerprint density at radius 1 is 1.25 bits per heavy atom. The number of hydrogen-bond acceptors (Lipinski definition) is 6. The van der Waals surface area contributed by atoms with Crippen molar-refractivity contribution in [1.29, 1.82) is 0 Å². The first-order valence-corrected chi connectivity index (χ1v) is 9.01. The standard InChI is InChI=1S/C16H22N6OS/c1-13-4-3-5-14(10-13)11-21-6-8-22(9-7-21)15(23)12-24-16-17-18-19-20(16)2/h3-5,10H,6-9,11-12H2,1-2H3. The molecule has 0 saturated carbocycles. The Bertz CT molecular complexity index is 695. The number of nitrogens with zero attached hydrogens (tertiary/aromatic N) is 6. The van der Waals surface area contributed by atoms with Gasteiger partial charge in [-0.25, -0.2) is 4.68 Å². The Morgan fingerprint density at radius 2 is 2.04 bits per heavy atom. The lowest BCUT2D eigenvalue weighted by molar-refractivity contribution is -0.130. The summed E-state index contributed by atoms with van der Waals surface area (Å²) in [6, 6.07) is 8.60. The molecule has 0 spiro atoms. The maximum atomic E-state index is 12.3. The maximum Gasteiger partial charge on any atom is 0.233 e. The van der Waals surface area contributed by atoms with Gasteiger partial charge >= 0.3 is 0 Å². The molecule has 1 amide bonds. The van der Waals surface area contributed by atoms with Gasteiger partial charge in [0, 0.05) is 39.8 Å². The topological polar surface area (TPSA) is 67.2 Å². The van der Waals surface area contributed by atoms with Crippen molar-refractivity contribution in [3.05, 3.63) is 35.4 Å². The van der Waals surface area contributed by atoms with Crippen LogP contribution in [0.3, 0.4) is 0 Å². The third-order valence-corrected chi connectivity index (χ3v) is 5.12. The van der Waals surface area contributed by atoms with Crippen LogP contribution in [0.1, 0.15) is 11.1 Å². The van der Waals surface area contributed by atoms with Gasteiger partial charge in [0.05, 0.1) is 5.75 Å². The molecular weight excluding hydrogens is 324 g/mol. The quantitative estimate of drug-likeness (QED) is 0.751. The summed E-state index contributed by atoms with van der Waals surface area (Å²) in [4.78, 5) is 16.7. The van der Waals surface area contributed by atoms with E-state index in [1.54, 1.807) is 11.7 Å². The van der Waals surface area contributed by atoms with Crippen LogP contribution in [0.25, 0.3) is 0 Å². The molecule has 8 heteroatoms. The molecule has 1 aromatic carbocycles. The maximum absolute atomic E-state index is 12.3. The highest BCUT2D eigenvalue weighted by Crippen LogP contribution is 2.15. The van der Waals surface area contributed by atoms with Crippen molar-refractivity contribution < 1.29 is 4.79 Å². The van der Waals surface area contributed by atoms with E-state index < -0.39 is 0 Å². The molecule has 2 heterocycles. The first-order valence-electron chi connectivity index (χ1n) is 8.02. The van der Waals surface area contributed by atoms with Crippen LogP contribution in [0.4, 0.5) is 0 Å². The van der Waals surface area contributed by atoms with E-state index >= 15 is 0 Å². The lowest BCUT2D eigenvalue weighted by atomic mass is 10.1. The van der Waals surface area contributed by atoms with E-state index in [1.807, 2.05) is 4.90 Å². The molecule has 0 atom stereocenters. The molecule has 7 nitrogen and oxygen atoms in total. The molecule has 3 rings (SSSR count). The number of rotatable bonds is 5. The minimum absolute atomic E-state index is 0.151. The zero-order valence-corrected chi connectivity index (χ0v) is 14.9. The second-order valence-corrected chi connectivity index (χ2v) is 6.96. The number of thioether (sulfide) groups is 1. The van der Waals surface area contributed by atoms with Crippen molar-refractivity contribution in [2.24, 2.45) is 7.05 Å². The number of carbonyl (C=O) groups excluding carboxylic acids is 1. The van der Waals surface area contributed by atoms with Crippen molar-refractivity contribution in [3.63, 3.8) is 0 Å². The molecule has 0 N–H and O–H groups in total. The highest BCUT2D eigenvalue weighted by Gasteiger charge is 2.21.